The summed E-state index contributed by atoms with van der Waals surface area (Å²) in [6, 6.07) is 11.7. The molecule has 1 amide bonds. The summed E-state index contributed by atoms with van der Waals surface area (Å²) in [6.45, 7) is 4.23. The van der Waals surface area contributed by atoms with E-state index in [4.69, 9.17) is 0 Å². The molecule has 0 atom stereocenters. The highest BCUT2D eigenvalue weighted by atomic mass is 79.9. The first-order chi connectivity index (χ1) is 12.8. The Morgan fingerprint density at radius 2 is 1.78 bits per heavy atom. The van der Waals surface area contributed by atoms with E-state index in [1.54, 1.807) is 18.2 Å². The number of carbonyl (C=O) groups is 1. The van der Waals surface area contributed by atoms with Crippen LogP contribution in [-0.2, 0) is 10.0 Å². The minimum Gasteiger partial charge on any atom is -0.322 e. The van der Waals surface area contributed by atoms with E-state index in [1.165, 1.54) is 16.4 Å². The number of hydrogen-bond donors (Lipinski definition) is 1. The molecule has 27 heavy (non-hydrogen) atoms. The number of carbonyl (C=O) groups excluding carboxylic acids is 1. The van der Waals surface area contributed by atoms with Crippen LogP contribution in [-0.4, -0.2) is 56.8 Å². The average Bonchev–Trinajstić information content (AvgIpc) is 2.65. The Kier molecular flexibility index (Phi) is 6.00. The van der Waals surface area contributed by atoms with E-state index in [-0.39, 0.29) is 10.8 Å². The number of sulfonamides is 1. The van der Waals surface area contributed by atoms with Gasteiger partial charge in [0.15, 0.2) is 0 Å². The zero-order valence-electron chi connectivity index (χ0n) is 15.3. The number of likely N-dealkylation sites (N-methyl/N-ethyl adjacent to an activating group) is 1. The van der Waals surface area contributed by atoms with Crippen molar-refractivity contribution in [2.24, 2.45) is 0 Å². The van der Waals surface area contributed by atoms with Crippen LogP contribution in [0.2, 0.25) is 0 Å². The number of benzene rings is 2. The smallest absolute Gasteiger partial charge is 0.255 e. The van der Waals surface area contributed by atoms with Gasteiger partial charge in [0.2, 0.25) is 10.0 Å². The molecule has 0 radical (unpaired) electrons. The Balaban J connectivity index is 1.80. The number of amides is 1. The number of rotatable bonds is 4. The highest BCUT2D eigenvalue weighted by Gasteiger charge is 2.27. The van der Waals surface area contributed by atoms with Gasteiger partial charge in [0.1, 0.15) is 0 Å². The quantitative estimate of drug-likeness (QED) is 0.775. The molecule has 1 heterocycles. The zero-order chi connectivity index (χ0) is 19.6. The Morgan fingerprint density at radius 3 is 2.44 bits per heavy atom. The molecule has 0 spiro atoms. The van der Waals surface area contributed by atoms with Crippen LogP contribution in [0.15, 0.2) is 51.8 Å². The molecule has 6 nitrogen and oxygen atoms in total. The Hall–Kier alpha value is -1.74. The molecular weight excluding hydrogens is 430 g/mol. The molecule has 1 aliphatic heterocycles. The van der Waals surface area contributed by atoms with Crippen molar-refractivity contribution in [3.05, 3.63) is 58.1 Å². The second kappa shape index (κ2) is 8.10. The Morgan fingerprint density at radius 1 is 1.07 bits per heavy atom. The molecule has 2 aromatic rings. The van der Waals surface area contributed by atoms with Crippen molar-refractivity contribution in [1.29, 1.82) is 0 Å². The predicted molar refractivity (Wildman–Crippen MR) is 110 cm³/mol. The molecule has 0 aromatic heterocycles. The summed E-state index contributed by atoms with van der Waals surface area (Å²) in [5, 5.41) is 2.82. The molecule has 3 rings (SSSR count). The molecule has 1 fully saturated rings. The molecular formula is C19H22BrN3O3S. The van der Waals surface area contributed by atoms with Gasteiger partial charge >= 0.3 is 0 Å². The number of hydrogen-bond acceptors (Lipinski definition) is 4. The third kappa shape index (κ3) is 4.57. The van der Waals surface area contributed by atoms with Gasteiger partial charge < -0.3 is 10.2 Å². The maximum absolute atomic E-state index is 12.9. The van der Waals surface area contributed by atoms with Crippen molar-refractivity contribution in [3.63, 3.8) is 0 Å². The van der Waals surface area contributed by atoms with Crippen LogP contribution in [0.3, 0.4) is 0 Å². The fraction of sp³-hybridized carbons (Fsp3) is 0.316. The predicted octanol–water partition coefficient (Wildman–Crippen LogP) is 2.95. The normalized spacial score (nSPS) is 16.3. The molecule has 8 heteroatoms. The van der Waals surface area contributed by atoms with Crippen LogP contribution in [0.25, 0.3) is 0 Å². The van der Waals surface area contributed by atoms with Crippen molar-refractivity contribution in [3.8, 4) is 0 Å². The third-order valence-electron chi connectivity index (χ3n) is 4.61. The van der Waals surface area contributed by atoms with Crippen LogP contribution in [0.1, 0.15) is 15.9 Å². The molecule has 0 aliphatic carbocycles. The van der Waals surface area contributed by atoms with Crippen LogP contribution >= 0.6 is 15.9 Å². The van der Waals surface area contributed by atoms with Crippen molar-refractivity contribution < 1.29 is 13.2 Å². The van der Waals surface area contributed by atoms with Crippen LogP contribution in [0.5, 0.6) is 0 Å². The first-order valence-electron chi connectivity index (χ1n) is 8.63. The lowest BCUT2D eigenvalue weighted by molar-refractivity contribution is 0.102. The zero-order valence-corrected chi connectivity index (χ0v) is 17.7. The largest absolute Gasteiger partial charge is 0.322 e. The summed E-state index contributed by atoms with van der Waals surface area (Å²) in [5.41, 5.74) is 1.97. The SMILES string of the molecule is Cc1cc(NC(=O)c2cccc(S(=O)(=O)N3CCN(C)CC3)c2)ccc1Br. The van der Waals surface area contributed by atoms with Gasteiger partial charge in [-0.05, 0) is 55.9 Å². The second-order valence-corrected chi connectivity index (χ2v) is 9.45. The summed E-state index contributed by atoms with van der Waals surface area (Å²) in [4.78, 5) is 14.8. The van der Waals surface area contributed by atoms with Crippen molar-refractivity contribution in [2.75, 3.05) is 38.5 Å². The van der Waals surface area contributed by atoms with Gasteiger partial charge in [-0.1, -0.05) is 22.0 Å². The highest BCUT2D eigenvalue weighted by Crippen LogP contribution is 2.22. The molecule has 1 aliphatic rings. The number of nitrogens with zero attached hydrogens (tertiary/aromatic N) is 2. The molecule has 1 saturated heterocycles. The van der Waals surface area contributed by atoms with E-state index in [1.807, 2.05) is 26.1 Å². The number of halogens is 1. The van der Waals surface area contributed by atoms with Gasteiger partial charge in [-0.3, -0.25) is 4.79 Å². The van der Waals surface area contributed by atoms with Gasteiger partial charge in [-0.2, -0.15) is 4.31 Å². The fourth-order valence-corrected chi connectivity index (χ4v) is 4.62. The molecule has 144 valence electrons. The Labute approximate surface area is 168 Å². The summed E-state index contributed by atoms with van der Waals surface area (Å²) in [6.07, 6.45) is 0. The van der Waals surface area contributed by atoms with E-state index in [0.29, 0.717) is 37.4 Å². The molecule has 2 aromatic carbocycles. The van der Waals surface area contributed by atoms with Crippen LogP contribution in [0.4, 0.5) is 5.69 Å². The first kappa shape index (κ1) is 20.0. The fourth-order valence-electron chi connectivity index (χ4n) is 2.90. The topological polar surface area (TPSA) is 69.7 Å². The lowest BCUT2D eigenvalue weighted by atomic mass is 10.2. The minimum absolute atomic E-state index is 0.145. The summed E-state index contributed by atoms with van der Waals surface area (Å²) >= 11 is 3.43. The lowest BCUT2D eigenvalue weighted by Crippen LogP contribution is -2.47. The van der Waals surface area contributed by atoms with Crippen molar-refractivity contribution in [2.45, 2.75) is 11.8 Å². The Bertz CT molecular complexity index is 954. The van der Waals surface area contributed by atoms with Gasteiger partial charge in [0.25, 0.3) is 5.91 Å². The maximum Gasteiger partial charge on any atom is 0.255 e. The van der Waals surface area contributed by atoms with E-state index < -0.39 is 10.0 Å². The number of anilines is 1. The van der Waals surface area contributed by atoms with Gasteiger partial charge in [-0.15, -0.1) is 0 Å². The van der Waals surface area contributed by atoms with Crippen LogP contribution < -0.4 is 5.32 Å². The second-order valence-electron chi connectivity index (χ2n) is 6.65. The van der Waals surface area contributed by atoms with Crippen LogP contribution in [0, 0.1) is 6.92 Å². The van der Waals surface area contributed by atoms with E-state index in [9.17, 15) is 13.2 Å². The van der Waals surface area contributed by atoms with Gasteiger partial charge in [-0.25, -0.2) is 8.42 Å². The minimum atomic E-state index is -3.61. The van der Waals surface area contributed by atoms with Gasteiger partial charge in [0.05, 0.1) is 4.90 Å². The van der Waals surface area contributed by atoms with Crippen molar-refractivity contribution in [1.82, 2.24) is 9.21 Å². The van der Waals surface area contributed by atoms with E-state index in [0.717, 1.165) is 10.0 Å². The molecule has 1 N–H and O–H groups in total. The highest BCUT2D eigenvalue weighted by molar-refractivity contribution is 9.10. The van der Waals surface area contributed by atoms with E-state index in [2.05, 4.69) is 26.1 Å². The monoisotopic (exact) mass is 451 g/mol. The molecule has 0 bridgehead atoms. The summed E-state index contributed by atoms with van der Waals surface area (Å²) in [7, 11) is -1.64. The third-order valence-corrected chi connectivity index (χ3v) is 7.40. The summed E-state index contributed by atoms with van der Waals surface area (Å²) < 4.78 is 28.2. The summed E-state index contributed by atoms with van der Waals surface area (Å²) in [5.74, 6) is -0.341. The first-order valence-corrected chi connectivity index (χ1v) is 10.9. The number of aryl methyl sites for hydroxylation is 1. The number of piperazine rings is 1. The van der Waals surface area contributed by atoms with Gasteiger partial charge in [0, 0.05) is 41.9 Å². The average molecular weight is 452 g/mol. The van der Waals surface area contributed by atoms with E-state index >= 15 is 0 Å². The maximum atomic E-state index is 12.9. The van der Waals surface area contributed by atoms with Crippen molar-refractivity contribution >= 4 is 37.5 Å². The number of nitrogens with one attached hydrogen (secondary N) is 1. The lowest BCUT2D eigenvalue weighted by Gasteiger charge is -2.31. The molecule has 0 saturated carbocycles. The standard InChI is InChI=1S/C19H22BrN3O3S/c1-14-12-16(6-7-18(14)20)21-19(24)15-4-3-5-17(13-15)27(25,26)23-10-8-22(2)9-11-23/h3-7,12-13H,8-11H2,1-2H3,(H,21,24). The molecule has 0 unspecified atom stereocenters.